The molecule has 1 unspecified atom stereocenters. The van der Waals surface area contributed by atoms with E-state index in [1.54, 1.807) is 35.0 Å². The van der Waals surface area contributed by atoms with Gasteiger partial charge in [-0.3, -0.25) is 9.40 Å². The second-order valence-electron chi connectivity index (χ2n) is 7.60. The number of para-hydroxylation sites is 2. The molecule has 5 rings (SSSR count). The Morgan fingerprint density at radius 3 is 2.42 bits per heavy atom. The molecular formula is C22H22N6O2S. The molecular weight excluding hydrogens is 412 g/mol. The fourth-order valence-corrected chi connectivity index (χ4v) is 5.05. The summed E-state index contributed by atoms with van der Waals surface area (Å²) >= 11 is 0. The van der Waals surface area contributed by atoms with E-state index in [2.05, 4.69) is 19.7 Å². The van der Waals surface area contributed by atoms with Gasteiger partial charge >= 0.3 is 0 Å². The minimum absolute atomic E-state index is 0.0594. The SMILES string of the molecule is Cn1cc(C2CCCN2c2nc3ccccc3nc2NS(=O)(=O)c2ccccc2)cn1. The first-order chi connectivity index (χ1) is 15.0. The smallest absolute Gasteiger partial charge is 0.263 e. The van der Waals surface area contributed by atoms with Gasteiger partial charge in [0.05, 0.1) is 28.2 Å². The number of benzene rings is 2. The molecule has 0 saturated carbocycles. The van der Waals surface area contributed by atoms with E-state index in [0.29, 0.717) is 11.3 Å². The van der Waals surface area contributed by atoms with Gasteiger partial charge in [0.2, 0.25) is 0 Å². The molecule has 31 heavy (non-hydrogen) atoms. The van der Waals surface area contributed by atoms with Crippen molar-refractivity contribution in [3.8, 4) is 0 Å². The molecule has 2 aromatic carbocycles. The van der Waals surface area contributed by atoms with E-state index >= 15 is 0 Å². The summed E-state index contributed by atoms with van der Waals surface area (Å²) in [6, 6.07) is 15.8. The lowest BCUT2D eigenvalue weighted by Gasteiger charge is -2.27. The highest BCUT2D eigenvalue weighted by Crippen LogP contribution is 2.39. The molecule has 3 heterocycles. The molecule has 0 radical (unpaired) electrons. The normalized spacial score (nSPS) is 16.7. The quantitative estimate of drug-likeness (QED) is 0.517. The van der Waals surface area contributed by atoms with Crippen LogP contribution < -0.4 is 9.62 Å². The number of rotatable bonds is 5. The Morgan fingerprint density at radius 2 is 1.71 bits per heavy atom. The summed E-state index contributed by atoms with van der Waals surface area (Å²) in [4.78, 5) is 11.8. The Morgan fingerprint density at radius 1 is 1.00 bits per heavy atom. The molecule has 0 bridgehead atoms. The third-order valence-corrected chi connectivity index (χ3v) is 6.83. The molecule has 8 nitrogen and oxygen atoms in total. The average Bonchev–Trinajstić information content (AvgIpc) is 3.42. The first-order valence-electron chi connectivity index (χ1n) is 10.1. The number of nitrogens with zero attached hydrogens (tertiary/aromatic N) is 5. The van der Waals surface area contributed by atoms with E-state index in [9.17, 15) is 8.42 Å². The lowest BCUT2D eigenvalue weighted by atomic mass is 10.1. The highest BCUT2D eigenvalue weighted by molar-refractivity contribution is 7.92. The molecule has 0 spiro atoms. The van der Waals surface area contributed by atoms with E-state index < -0.39 is 10.0 Å². The Bertz CT molecular complexity index is 1340. The van der Waals surface area contributed by atoms with Crippen molar-refractivity contribution in [2.45, 2.75) is 23.8 Å². The zero-order valence-corrected chi connectivity index (χ0v) is 17.8. The minimum Gasteiger partial charge on any atom is -0.346 e. The standard InChI is InChI=1S/C22H22N6O2S/c1-27-15-16(14-23-27)20-12-7-13-28(20)22-21(24-18-10-5-6-11-19(18)25-22)26-31(29,30)17-8-3-2-4-9-17/h2-6,8-11,14-15,20H,7,12-13H2,1H3,(H,24,26). The first-order valence-corrected chi connectivity index (χ1v) is 11.6. The van der Waals surface area contributed by atoms with Crippen LogP contribution in [0.4, 0.5) is 11.6 Å². The van der Waals surface area contributed by atoms with E-state index in [1.165, 1.54) is 0 Å². The molecule has 1 fully saturated rings. The zero-order chi connectivity index (χ0) is 21.4. The van der Waals surface area contributed by atoms with Crippen LogP contribution in [0.3, 0.4) is 0 Å². The molecule has 0 amide bonds. The molecule has 1 atom stereocenters. The van der Waals surface area contributed by atoms with Crippen LogP contribution in [0.5, 0.6) is 0 Å². The summed E-state index contributed by atoms with van der Waals surface area (Å²) < 4.78 is 30.6. The molecule has 9 heteroatoms. The Balaban J connectivity index is 1.61. The molecule has 1 N–H and O–H groups in total. The lowest BCUT2D eigenvalue weighted by Crippen LogP contribution is -2.26. The summed E-state index contributed by atoms with van der Waals surface area (Å²) in [6.07, 6.45) is 5.75. The van der Waals surface area contributed by atoms with Crippen LogP contribution in [-0.2, 0) is 17.1 Å². The molecule has 2 aromatic heterocycles. The number of aromatic nitrogens is 4. The molecule has 158 valence electrons. The van der Waals surface area contributed by atoms with Crippen LogP contribution in [0.25, 0.3) is 11.0 Å². The van der Waals surface area contributed by atoms with E-state index in [1.807, 2.05) is 43.7 Å². The van der Waals surface area contributed by atoms with Crippen LogP contribution in [0, 0.1) is 0 Å². The van der Waals surface area contributed by atoms with E-state index in [-0.39, 0.29) is 16.8 Å². The average molecular weight is 435 g/mol. The van der Waals surface area contributed by atoms with Gasteiger partial charge in [-0.2, -0.15) is 5.10 Å². The second kappa shape index (κ2) is 7.66. The summed E-state index contributed by atoms with van der Waals surface area (Å²) in [6.45, 7) is 0.757. The highest BCUT2D eigenvalue weighted by Gasteiger charge is 2.31. The summed E-state index contributed by atoms with van der Waals surface area (Å²) in [5.41, 5.74) is 2.43. The topological polar surface area (TPSA) is 93.0 Å². The number of hydrogen-bond donors (Lipinski definition) is 1. The van der Waals surface area contributed by atoms with Crippen LogP contribution in [0.2, 0.25) is 0 Å². The predicted octanol–water partition coefficient (Wildman–Crippen LogP) is 3.51. The van der Waals surface area contributed by atoms with Gasteiger partial charge in [0.1, 0.15) is 0 Å². The molecule has 1 aliphatic heterocycles. The van der Waals surface area contributed by atoms with Crippen molar-refractivity contribution in [2.24, 2.45) is 7.05 Å². The van der Waals surface area contributed by atoms with Gasteiger partial charge in [0.25, 0.3) is 10.0 Å². The number of aryl methyl sites for hydroxylation is 1. The van der Waals surface area contributed by atoms with Crippen molar-refractivity contribution in [1.82, 2.24) is 19.7 Å². The van der Waals surface area contributed by atoms with Crippen molar-refractivity contribution in [2.75, 3.05) is 16.2 Å². The first kappa shape index (κ1) is 19.5. The van der Waals surface area contributed by atoms with Crippen LogP contribution in [0.1, 0.15) is 24.4 Å². The lowest BCUT2D eigenvalue weighted by molar-refractivity contribution is 0.601. The number of nitrogens with one attached hydrogen (secondary N) is 1. The van der Waals surface area contributed by atoms with Gasteiger partial charge < -0.3 is 4.90 Å². The number of anilines is 2. The third-order valence-electron chi connectivity index (χ3n) is 5.47. The van der Waals surface area contributed by atoms with Crippen LogP contribution >= 0.6 is 0 Å². The van der Waals surface area contributed by atoms with Crippen molar-refractivity contribution in [3.63, 3.8) is 0 Å². The minimum atomic E-state index is -3.81. The second-order valence-corrected chi connectivity index (χ2v) is 9.28. The van der Waals surface area contributed by atoms with Crippen molar-refractivity contribution < 1.29 is 8.42 Å². The highest BCUT2D eigenvalue weighted by atomic mass is 32.2. The maximum atomic E-state index is 13.0. The van der Waals surface area contributed by atoms with Crippen LogP contribution in [0.15, 0.2) is 71.9 Å². The Kier molecular flexibility index (Phi) is 4.82. The maximum absolute atomic E-state index is 13.0. The zero-order valence-electron chi connectivity index (χ0n) is 17.0. The van der Waals surface area contributed by atoms with Gasteiger partial charge in [-0.05, 0) is 37.1 Å². The van der Waals surface area contributed by atoms with Gasteiger partial charge in [-0.25, -0.2) is 18.4 Å². The fourth-order valence-electron chi connectivity index (χ4n) is 4.02. The summed E-state index contributed by atoms with van der Waals surface area (Å²) in [5, 5.41) is 4.30. The number of hydrogen-bond acceptors (Lipinski definition) is 6. The third kappa shape index (κ3) is 3.72. The van der Waals surface area contributed by atoms with Gasteiger partial charge in [0.15, 0.2) is 11.6 Å². The summed E-state index contributed by atoms with van der Waals surface area (Å²) in [5.74, 6) is 0.767. The number of sulfonamides is 1. The Labute approximate surface area is 180 Å². The molecule has 1 aliphatic rings. The van der Waals surface area contributed by atoms with Gasteiger partial charge in [-0.15, -0.1) is 0 Å². The largest absolute Gasteiger partial charge is 0.346 e. The van der Waals surface area contributed by atoms with Gasteiger partial charge in [-0.1, -0.05) is 30.3 Å². The monoisotopic (exact) mass is 434 g/mol. The van der Waals surface area contributed by atoms with E-state index in [0.717, 1.165) is 30.5 Å². The fraction of sp³-hybridized carbons (Fsp3) is 0.227. The van der Waals surface area contributed by atoms with Crippen molar-refractivity contribution >= 4 is 32.7 Å². The van der Waals surface area contributed by atoms with Crippen molar-refractivity contribution in [3.05, 3.63) is 72.6 Å². The molecule has 0 aliphatic carbocycles. The van der Waals surface area contributed by atoms with Crippen molar-refractivity contribution in [1.29, 1.82) is 0 Å². The summed E-state index contributed by atoms with van der Waals surface area (Å²) in [7, 11) is -1.92. The maximum Gasteiger partial charge on any atom is 0.263 e. The number of fused-ring (bicyclic) bond motifs is 1. The van der Waals surface area contributed by atoms with Crippen LogP contribution in [-0.4, -0.2) is 34.7 Å². The predicted molar refractivity (Wildman–Crippen MR) is 119 cm³/mol. The van der Waals surface area contributed by atoms with E-state index in [4.69, 9.17) is 4.98 Å². The molecule has 1 saturated heterocycles. The molecule has 4 aromatic rings. The van der Waals surface area contributed by atoms with Gasteiger partial charge in [0, 0.05) is 25.4 Å². The Hall–Kier alpha value is -3.46.